The van der Waals surface area contributed by atoms with Crippen LogP contribution in [0.4, 0.5) is 0 Å². The molecule has 0 N–H and O–H groups in total. The van der Waals surface area contributed by atoms with Gasteiger partial charge in [0.1, 0.15) is 0 Å². The Morgan fingerprint density at radius 2 is 1.47 bits per heavy atom. The first-order valence-corrected chi connectivity index (χ1v) is 7.18. The fourth-order valence-corrected chi connectivity index (χ4v) is 2.49. The molecule has 2 atom stereocenters. The first kappa shape index (κ1) is 15.4. The standard InChI is InChI=1S/C14H31P/c1-13(2,3)10-7-8-12(9-11-15)14(4,5)6/h12H,7-11,15H2,1-6H3. The zero-order chi connectivity index (χ0) is 12.1. The smallest absolute Gasteiger partial charge is 0.0354 e. The lowest BCUT2D eigenvalue weighted by atomic mass is 9.75. The second-order valence-electron chi connectivity index (χ2n) is 7.09. The average Bonchev–Trinajstić information content (AvgIpc) is 1.98. The van der Waals surface area contributed by atoms with Crippen LogP contribution in [0.25, 0.3) is 0 Å². The van der Waals surface area contributed by atoms with E-state index in [9.17, 15) is 0 Å². The normalized spacial score (nSPS) is 15.4. The molecule has 0 saturated heterocycles. The van der Waals surface area contributed by atoms with Gasteiger partial charge in [0.2, 0.25) is 0 Å². The Bertz CT molecular complexity index is 159. The van der Waals surface area contributed by atoms with E-state index >= 15 is 0 Å². The predicted octanol–water partition coefficient (Wildman–Crippen LogP) is 5.13. The number of hydrogen-bond donors (Lipinski definition) is 0. The summed E-state index contributed by atoms with van der Waals surface area (Å²) < 4.78 is 0. The van der Waals surface area contributed by atoms with Crippen molar-refractivity contribution in [2.24, 2.45) is 16.7 Å². The van der Waals surface area contributed by atoms with Gasteiger partial charge in [-0.1, -0.05) is 48.0 Å². The molecule has 0 spiro atoms. The molecular formula is C14H31P. The van der Waals surface area contributed by atoms with Crippen molar-refractivity contribution in [1.29, 1.82) is 0 Å². The number of rotatable bonds is 5. The molecule has 15 heavy (non-hydrogen) atoms. The summed E-state index contributed by atoms with van der Waals surface area (Å²) in [7, 11) is 2.87. The number of hydrogen-bond acceptors (Lipinski definition) is 0. The lowest BCUT2D eigenvalue weighted by Gasteiger charge is -2.31. The molecule has 0 radical (unpaired) electrons. The van der Waals surface area contributed by atoms with Gasteiger partial charge in [-0.05, 0) is 42.2 Å². The van der Waals surface area contributed by atoms with Gasteiger partial charge in [-0.3, -0.25) is 0 Å². The minimum atomic E-state index is 0.481. The van der Waals surface area contributed by atoms with Crippen LogP contribution >= 0.6 is 9.24 Å². The summed E-state index contributed by atoms with van der Waals surface area (Å²) in [6.07, 6.45) is 6.75. The minimum Gasteiger partial charge on any atom is -0.138 e. The molecule has 0 aromatic rings. The first-order valence-electron chi connectivity index (χ1n) is 6.37. The summed E-state index contributed by atoms with van der Waals surface area (Å²) in [5.74, 6) is 0.886. The fourth-order valence-electron chi connectivity index (χ4n) is 2.09. The molecule has 2 unspecified atom stereocenters. The molecule has 0 bridgehead atoms. The van der Waals surface area contributed by atoms with E-state index in [1.807, 2.05) is 0 Å². The molecule has 0 amide bonds. The lowest BCUT2D eigenvalue weighted by Crippen LogP contribution is -2.21. The minimum absolute atomic E-state index is 0.481. The van der Waals surface area contributed by atoms with Crippen LogP contribution in [-0.4, -0.2) is 6.16 Å². The van der Waals surface area contributed by atoms with E-state index in [2.05, 4.69) is 50.8 Å². The van der Waals surface area contributed by atoms with Gasteiger partial charge < -0.3 is 0 Å². The van der Waals surface area contributed by atoms with Gasteiger partial charge in [0.05, 0.1) is 0 Å². The monoisotopic (exact) mass is 230 g/mol. The van der Waals surface area contributed by atoms with E-state index in [4.69, 9.17) is 0 Å². The van der Waals surface area contributed by atoms with Crippen LogP contribution in [0.3, 0.4) is 0 Å². The summed E-state index contributed by atoms with van der Waals surface area (Å²) in [5.41, 5.74) is 0.984. The van der Waals surface area contributed by atoms with Crippen molar-refractivity contribution < 1.29 is 0 Å². The highest BCUT2D eigenvalue weighted by molar-refractivity contribution is 7.16. The molecule has 92 valence electrons. The Labute approximate surface area is 99.8 Å². The van der Waals surface area contributed by atoms with E-state index in [0.717, 1.165) is 5.92 Å². The maximum absolute atomic E-state index is 2.87. The third-order valence-corrected chi connectivity index (χ3v) is 3.55. The van der Waals surface area contributed by atoms with Crippen molar-refractivity contribution in [2.45, 2.75) is 67.2 Å². The summed E-state index contributed by atoms with van der Waals surface area (Å²) >= 11 is 0. The van der Waals surface area contributed by atoms with E-state index in [1.54, 1.807) is 0 Å². The maximum atomic E-state index is 2.87. The van der Waals surface area contributed by atoms with Crippen LogP contribution < -0.4 is 0 Å². The molecule has 0 rings (SSSR count). The van der Waals surface area contributed by atoms with Crippen molar-refractivity contribution >= 4 is 9.24 Å². The summed E-state index contributed by atoms with van der Waals surface area (Å²) in [6.45, 7) is 14.2. The Hall–Kier alpha value is 0.430. The second-order valence-corrected chi connectivity index (χ2v) is 7.67. The molecule has 0 aliphatic heterocycles. The Morgan fingerprint density at radius 3 is 1.80 bits per heavy atom. The molecular weight excluding hydrogens is 199 g/mol. The van der Waals surface area contributed by atoms with E-state index < -0.39 is 0 Å². The van der Waals surface area contributed by atoms with Gasteiger partial charge in [0, 0.05) is 0 Å². The summed E-state index contributed by atoms with van der Waals surface area (Å²) in [5, 5.41) is 0. The third-order valence-electron chi connectivity index (χ3n) is 3.22. The molecule has 0 saturated carbocycles. The van der Waals surface area contributed by atoms with E-state index in [-0.39, 0.29) is 0 Å². The highest BCUT2D eigenvalue weighted by atomic mass is 31.0. The highest BCUT2D eigenvalue weighted by Crippen LogP contribution is 2.34. The second kappa shape index (κ2) is 6.24. The zero-order valence-corrected chi connectivity index (χ0v) is 12.8. The van der Waals surface area contributed by atoms with Crippen LogP contribution in [0, 0.1) is 16.7 Å². The maximum Gasteiger partial charge on any atom is -0.0354 e. The van der Waals surface area contributed by atoms with Gasteiger partial charge in [0.15, 0.2) is 0 Å². The Kier molecular flexibility index (Phi) is 6.41. The SMILES string of the molecule is CC(C)(C)CCCC(CCP)C(C)(C)C. The third kappa shape index (κ3) is 8.26. The van der Waals surface area contributed by atoms with Gasteiger partial charge in [-0.15, -0.1) is 9.24 Å². The van der Waals surface area contributed by atoms with Gasteiger partial charge in [-0.2, -0.15) is 0 Å². The summed E-state index contributed by atoms with van der Waals surface area (Å²) in [6, 6.07) is 0. The van der Waals surface area contributed by atoms with E-state index in [1.165, 1.54) is 31.8 Å². The quantitative estimate of drug-likeness (QED) is 0.574. The highest BCUT2D eigenvalue weighted by Gasteiger charge is 2.23. The van der Waals surface area contributed by atoms with Gasteiger partial charge in [-0.25, -0.2) is 0 Å². The molecule has 0 fully saturated rings. The van der Waals surface area contributed by atoms with Crippen LogP contribution in [0.5, 0.6) is 0 Å². The molecule has 0 aromatic carbocycles. The summed E-state index contributed by atoms with van der Waals surface area (Å²) in [4.78, 5) is 0. The Morgan fingerprint density at radius 1 is 0.933 bits per heavy atom. The Balaban J connectivity index is 3.98. The van der Waals surface area contributed by atoms with Gasteiger partial charge in [0.25, 0.3) is 0 Å². The van der Waals surface area contributed by atoms with Crippen molar-refractivity contribution in [3.8, 4) is 0 Å². The van der Waals surface area contributed by atoms with Crippen molar-refractivity contribution in [3.05, 3.63) is 0 Å². The average molecular weight is 230 g/mol. The molecule has 1 heteroatoms. The topological polar surface area (TPSA) is 0 Å². The molecule has 0 heterocycles. The van der Waals surface area contributed by atoms with Crippen molar-refractivity contribution in [2.75, 3.05) is 6.16 Å². The van der Waals surface area contributed by atoms with Crippen LogP contribution in [0.15, 0.2) is 0 Å². The predicted molar refractivity (Wildman–Crippen MR) is 75.4 cm³/mol. The van der Waals surface area contributed by atoms with Crippen molar-refractivity contribution in [1.82, 2.24) is 0 Å². The van der Waals surface area contributed by atoms with Crippen LogP contribution in [-0.2, 0) is 0 Å². The van der Waals surface area contributed by atoms with E-state index in [0.29, 0.717) is 10.8 Å². The molecule has 0 aliphatic rings. The molecule has 0 nitrogen and oxygen atoms in total. The molecule has 0 aliphatic carbocycles. The first-order chi connectivity index (χ1) is 6.67. The molecule has 0 aromatic heterocycles. The zero-order valence-electron chi connectivity index (χ0n) is 11.7. The fraction of sp³-hybridized carbons (Fsp3) is 1.00. The lowest BCUT2D eigenvalue weighted by molar-refractivity contribution is 0.205. The van der Waals surface area contributed by atoms with Crippen LogP contribution in [0.1, 0.15) is 67.2 Å². The van der Waals surface area contributed by atoms with Gasteiger partial charge >= 0.3 is 0 Å². The largest absolute Gasteiger partial charge is 0.138 e. The van der Waals surface area contributed by atoms with Crippen molar-refractivity contribution in [3.63, 3.8) is 0 Å². The van der Waals surface area contributed by atoms with Crippen LogP contribution in [0.2, 0.25) is 0 Å².